The number of amides is 10. The maximum Gasteiger partial charge on any atom is 0.325 e. The van der Waals surface area contributed by atoms with E-state index in [-0.39, 0.29) is 105 Å². The number of halogens is 2. The van der Waals surface area contributed by atoms with Gasteiger partial charge in [0.15, 0.2) is 11.5 Å². The number of phenols is 3. The van der Waals surface area contributed by atoms with Crippen LogP contribution in [0.1, 0.15) is 117 Å². The molecule has 36 nitrogen and oxygen atoms in total. The molecule has 15 bridgehead atoms. The van der Waals surface area contributed by atoms with E-state index < -0.39 is 207 Å². The van der Waals surface area contributed by atoms with Crippen LogP contribution in [0.15, 0.2) is 103 Å². The Hall–Kier alpha value is -10.7. The van der Waals surface area contributed by atoms with Crippen LogP contribution in [0.4, 0.5) is 10.5 Å². The first-order valence-corrected chi connectivity index (χ1v) is 40.8. The zero-order valence-electron chi connectivity index (χ0n) is 63.8. The quantitative estimate of drug-likeness (QED) is 0.0550. The highest BCUT2D eigenvalue weighted by molar-refractivity contribution is 7.88. The van der Waals surface area contributed by atoms with Crippen molar-refractivity contribution in [3.8, 4) is 62.9 Å². The van der Waals surface area contributed by atoms with E-state index in [9.17, 15) is 63.7 Å². The van der Waals surface area contributed by atoms with E-state index in [1.165, 1.54) is 55.6 Å². The van der Waals surface area contributed by atoms with Gasteiger partial charge in [0.2, 0.25) is 69.3 Å². The third kappa shape index (κ3) is 18.9. The molecule has 118 heavy (non-hydrogen) atoms. The maximum absolute atomic E-state index is 16.4. The average molecular weight is 1690 g/mol. The smallest absolute Gasteiger partial charge is 0.325 e. The average Bonchev–Trinajstić information content (AvgIpc) is 0.747. The fourth-order valence-electron chi connectivity index (χ4n) is 16.5. The van der Waals surface area contributed by atoms with Crippen LogP contribution >= 0.6 is 23.2 Å². The molecule has 6 heterocycles. The fourth-order valence-corrected chi connectivity index (χ4v) is 17.5. The largest absolute Gasteiger partial charge is 0.508 e. The van der Waals surface area contributed by atoms with Crippen LogP contribution in [0.25, 0.3) is 11.1 Å². The van der Waals surface area contributed by atoms with Crippen LogP contribution in [-0.4, -0.2) is 196 Å². The Morgan fingerprint density at radius 1 is 0.644 bits per heavy atom. The molecular formula is C79H90Cl2N12O24S. The molecule has 14 atom stereocenters. The number of anilines is 1. The summed E-state index contributed by atoms with van der Waals surface area (Å²) in [6.45, 7) is 2.97. The first-order valence-electron chi connectivity index (χ1n) is 38.1. The van der Waals surface area contributed by atoms with Gasteiger partial charge in [-0.2, -0.15) is 0 Å². The number of aliphatic hydroxyl groups excluding tert-OH is 5. The third-order valence-corrected chi connectivity index (χ3v) is 23.4. The number of urea groups is 1. The maximum atomic E-state index is 16.4. The number of nitrogens with one attached hydrogen (secondary N) is 11. The van der Waals surface area contributed by atoms with Crippen molar-refractivity contribution in [2.75, 3.05) is 38.3 Å². The summed E-state index contributed by atoms with van der Waals surface area (Å²) in [5, 5.41) is 120. The summed E-state index contributed by atoms with van der Waals surface area (Å²) in [7, 11) is -2.07. The Bertz CT molecular complexity index is 5000. The van der Waals surface area contributed by atoms with Crippen molar-refractivity contribution < 1.29 is 116 Å². The SMILES string of the molecule is CN[C@H](CC(C)C)C(=O)NC1C(=O)NC(CC(=O)NC(=O)Nc2ccc(OCCNS(C)(=O)=O)cc2)C(=O)NC2C(=O)N[C@H]3C(=O)N[C@H](C(=O)N[C@H](C(=O)NC4C5CC6CC(C5)CC4C6)c4cc(O)cc(O)c4-c4cc3ccc4O)[C@H](O)c3ccc(c(Cl)c3)Oc3cc2cc(c3O[C@H]2O[C@H](CN)[C@@H](O)[C@H](O)[C@H]2O)Oc2ccc(cc2Cl)[C@H]1O. The molecule has 10 amide bonds. The molecule has 6 aromatic carbocycles. The molecule has 0 radical (unpaired) electrons. The van der Waals surface area contributed by atoms with E-state index in [0.717, 1.165) is 93.0 Å². The molecule has 6 aromatic rings. The lowest BCUT2D eigenvalue weighted by molar-refractivity contribution is -0.270. The Kier molecular flexibility index (Phi) is 25.6. The molecule has 1 saturated heterocycles. The summed E-state index contributed by atoms with van der Waals surface area (Å²) in [6.07, 6.45) is -9.49. The number of rotatable bonds is 18. The topological polar surface area (TPSA) is 554 Å². The van der Waals surface area contributed by atoms with Gasteiger partial charge in [-0.3, -0.25) is 43.7 Å². The molecular weight excluding hydrogens is 1600 g/mol. The number of likely N-dealkylation sites (N-methyl/N-ethyl adjacent to an activating group) is 1. The molecule has 39 heteroatoms. The van der Waals surface area contributed by atoms with Crippen molar-refractivity contribution in [3.05, 3.63) is 141 Å². The zero-order valence-corrected chi connectivity index (χ0v) is 66.1. The molecule has 4 saturated carbocycles. The number of aromatic hydroxyl groups is 3. The number of nitrogens with two attached hydrogens (primary N) is 1. The number of carbonyl (C=O) groups excluding carboxylic acids is 9. The lowest BCUT2D eigenvalue weighted by Gasteiger charge is -2.54. The minimum absolute atomic E-state index is 0.0588. The van der Waals surface area contributed by atoms with Crippen molar-refractivity contribution in [3.63, 3.8) is 0 Å². The first kappa shape index (κ1) is 85.2. The number of benzene rings is 6. The van der Waals surface area contributed by atoms with Gasteiger partial charge in [0.05, 0.1) is 28.8 Å². The highest BCUT2D eigenvalue weighted by Gasteiger charge is 2.51. The van der Waals surface area contributed by atoms with Gasteiger partial charge in [-0.25, -0.2) is 17.9 Å². The highest BCUT2D eigenvalue weighted by atomic mass is 35.5. The lowest BCUT2D eigenvalue weighted by Crippen LogP contribution is -2.60. The molecule has 10 aliphatic rings. The molecule has 0 spiro atoms. The van der Waals surface area contributed by atoms with Gasteiger partial charge < -0.3 is 118 Å². The Balaban J connectivity index is 0.971. The second-order valence-electron chi connectivity index (χ2n) is 30.9. The third-order valence-electron chi connectivity index (χ3n) is 22.1. The van der Waals surface area contributed by atoms with Gasteiger partial charge >= 0.3 is 6.03 Å². The van der Waals surface area contributed by atoms with Crippen LogP contribution in [-0.2, 0) is 53.1 Å². The van der Waals surface area contributed by atoms with E-state index in [2.05, 4.69) is 57.9 Å². The van der Waals surface area contributed by atoms with Gasteiger partial charge in [0, 0.05) is 42.0 Å². The normalized spacial score (nSPS) is 27.6. The van der Waals surface area contributed by atoms with Gasteiger partial charge in [-0.15, -0.1) is 0 Å². The standard InChI is InChI=1S/C79H90Cl2N12O24S/c1-32(2)17-48(83-3)71(103)92-63-65(98)36-6-13-52(46(80)24-36)114-54-26-40-27-55(70(54)117-78-69(102)68(101)67(100)56(31-82)116-78)115-53-14-7-37(25-47(53)81)66(99)64-77(109)91-62(75(107)88-59-38-19-33-18-34(21-38)22-39(59)20-33)45-28-42(94)29-51(96)58(45)44-23-35(5-12-50(44)95)60(73(105)93-64)90-74(106)61(40)89-72(104)49(86-76(63)108)30-57(97)87-79(110)85-41-8-10-43(11-9-41)113-16-15-84-118(4,111)112/h5-14,23-29,32-34,38-39,48-49,56,59-69,78,83-84,94-96,98-102H,15-22,30-31,82H2,1-4H3,(H,86,108)(H,88,107)(H,89,104)(H,90,106)(H,91,109)(H,92,103)(H,93,105)(H2,85,87,97,110)/t33?,34?,38?,39?,48-,49?,56-,59?,60-,61?,62+,63?,64+,65-,66-,67-,68+,69-,78-/m1/s1. The summed E-state index contributed by atoms with van der Waals surface area (Å²) in [5.41, 5.74) is 3.77. The van der Waals surface area contributed by atoms with Gasteiger partial charge in [0.1, 0.15) is 114 Å². The molecule has 0 aromatic heterocycles. The molecule has 6 aliphatic heterocycles. The molecule has 5 fully saturated rings. The fraction of sp³-hybridized carbons (Fsp3) is 0.430. The molecule has 4 aliphatic carbocycles. The molecule has 630 valence electrons. The summed E-state index contributed by atoms with van der Waals surface area (Å²) >= 11 is 14.3. The number of imide groups is 1. The van der Waals surface area contributed by atoms with Crippen LogP contribution in [0.5, 0.6) is 51.7 Å². The van der Waals surface area contributed by atoms with Crippen molar-refractivity contribution in [1.29, 1.82) is 0 Å². The predicted molar refractivity (Wildman–Crippen MR) is 419 cm³/mol. The number of phenolic OH excluding ortho intramolecular Hbond substituents is 3. The summed E-state index contributed by atoms with van der Waals surface area (Å²) in [4.78, 5) is 137. The number of ether oxygens (including phenoxy) is 5. The number of fused-ring (bicyclic) bond motifs is 15. The van der Waals surface area contributed by atoms with Crippen molar-refractivity contribution in [1.82, 2.24) is 52.6 Å². The predicted octanol–water partition coefficient (Wildman–Crippen LogP) is 2.48. The number of hydrogen-bond donors (Lipinski definition) is 20. The van der Waals surface area contributed by atoms with Gasteiger partial charge in [-0.05, 0) is 182 Å². The second-order valence-corrected chi connectivity index (χ2v) is 33.6. The van der Waals surface area contributed by atoms with Crippen LogP contribution in [0.2, 0.25) is 10.0 Å². The Labute approximate surface area is 684 Å². The number of sulfonamides is 1. The number of aliphatic hydroxyl groups is 5. The zero-order chi connectivity index (χ0) is 84.6. The van der Waals surface area contributed by atoms with Crippen LogP contribution in [0.3, 0.4) is 0 Å². The van der Waals surface area contributed by atoms with E-state index in [1.54, 1.807) is 0 Å². The van der Waals surface area contributed by atoms with Crippen LogP contribution < -0.4 is 82.6 Å². The monoisotopic (exact) mass is 1690 g/mol. The minimum atomic E-state index is -3.53. The molecule has 16 rings (SSSR count). The summed E-state index contributed by atoms with van der Waals surface area (Å²) in [6, 6.07) is 3.97. The van der Waals surface area contributed by atoms with E-state index in [4.69, 9.17) is 52.6 Å². The number of carbonyl (C=O) groups is 9. The highest BCUT2D eigenvalue weighted by Crippen LogP contribution is 2.55. The Morgan fingerprint density at radius 2 is 1.25 bits per heavy atom. The van der Waals surface area contributed by atoms with Crippen molar-refractivity contribution >= 4 is 92.2 Å². The van der Waals surface area contributed by atoms with Gasteiger partial charge in [0.25, 0.3) is 0 Å². The first-order chi connectivity index (χ1) is 56.1. The second kappa shape index (κ2) is 35.5. The van der Waals surface area contributed by atoms with Crippen molar-refractivity contribution in [2.45, 2.75) is 150 Å². The Morgan fingerprint density at radius 3 is 1.86 bits per heavy atom. The summed E-state index contributed by atoms with van der Waals surface area (Å²) < 4.78 is 56.6. The van der Waals surface area contributed by atoms with E-state index >= 15 is 28.8 Å². The molecule has 3 unspecified atom stereocenters. The minimum Gasteiger partial charge on any atom is -0.508 e. The van der Waals surface area contributed by atoms with E-state index in [0.29, 0.717) is 11.8 Å². The lowest BCUT2D eigenvalue weighted by atomic mass is 9.54. The van der Waals surface area contributed by atoms with Crippen LogP contribution in [0, 0.1) is 29.6 Å². The van der Waals surface area contributed by atoms with E-state index in [1.807, 2.05) is 13.8 Å². The molecule has 21 N–H and O–H groups in total. The van der Waals surface area contributed by atoms with Crippen molar-refractivity contribution in [2.24, 2.45) is 35.3 Å². The number of hydrogen-bond acceptors (Lipinski definition) is 26. The van der Waals surface area contributed by atoms with Gasteiger partial charge in [-0.1, -0.05) is 55.2 Å². The summed E-state index contributed by atoms with van der Waals surface area (Å²) in [5.74, 6) is -13.6.